The molecule has 0 N–H and O–H groups in total. The minimum Gasteiger partial charge on any atom is -0.0610 e. The smallest absolute Gasteiger partial charge is 0.00238 e. The molecule has 0 saturated carbocycles. The lowest BCUT2D eigenvalue weighted by Gasteiger charge is -2.13. The first-order valence-electron chi connectivity index (χ1n) is 7.10. The van der Waals surface area contributed by atoms with Crippen molar-refractivity contribution >= 4 is 32.3 Å². The Morgan fingerprint density at radius 3 is 2.37 bits per heavy atom. The number of hydrogen-bond acceptors (Lipinski definition) is 0. The average molecular weight is 242 g/mol. The fourth-order valence-corrected chi connectivity index (χ4v) is 3.90. The molecule has 0 fully saturated rings. The summed E-state index contributed by atoms with van der Waals surface area (Å²) in [5, 5.41) is 8.58. The van der Waals surface area contributed by atoms with Crippen LogP contribution in [0, 0.1) is 0 Å². The van der Waals surface area contributed by atoms with E-state index in [1.54, 1.807) is 11.1 Å². The predicted octanol–water partition coefficient (Wildman–Crippen LogP) is 5.07. The summed E-state index contributed by atoms with van der Waals surface area (Å²) < 4.78 is 0. The molecule has 90 valence electrons. The van der Waals surface area contributed by atoms with Crippen molar-refractivity contribution in [3.63, 3.8) is 0 Å². The molecule has 0 heterocycles. The largest absolute Gasteiger partial charge is 0.0610 e. The van der Waals surface area contributed by atoms with Crippen molar-refractivity contribution in [2.24, 2.45) is 0 Å². The molecule has 0 aromatic heterocycles. The van der Waals surface area contributed by atoms with Crippen LogP contribution < -0.4 is 0 Å². The summed E-state index contributed by atoms with van der Waals surface area (Å²) in [6, 6.07) is 18.2. The number of hydrogen-bond donors (Lipinski definition) is 0. The fraction of sp³-hybridized carbons (Fsp3) is 0.158. The van der Waals surface area contributed by atoms with Gasteiger partial charge in [-0.25, -0.2) is 0 Å². The van der Waals surface area contributed by atoms with Crippen LogP contribution in [0.15, 0.2) is 48.5 Å². The minimum atomic E-state index is 1.25. The van der Waals surface area contributed by atoms with E-state index in [-0.39, 0.29) is 0 Å². The lowest BCUT2D eigenvalue weighted by atomic mass is 9.90. The molecule has 4 aromatic rings. The quantitative estimate of drug-likeness (QED) is 0.377. The molecule has 0 unspecified atom stereocenters. The summed E-state index contributed by atoms with van der Waals surface area (Å²) in [5.74, 6) is 0. The van der Waals surface area contributed by atoms with Gasteiger partial charge in [0.2, 0.25) is 0 Å². The van der Waals surface area contributed by atoms with Crippen LogP contribution >= 0.6 is 0 Å². The van der Waals surface area contributed by atoms with Crippen LogP contribution in [-0.4, -0.2) is 0 Å². The van der Waals surface area contributed by atoms with E-state index in [1.165, 1.54) is 51.6 Å². The third-order valence-electron chi connectivity index (χ3n) is 4.72. The van der Waals surface area contributed by atoms with Crippen LogP contribution in [0.5, 0.6) is 0 Å². The molecule has 1 aliphatic rings. The molecule has 0 aliphatic heterocycles. The first kappa shape index (κ1) is 9.80. The number of benzene rings is 4. The molecule has 19 heavy (non-hydrogen) atoms. The molecule has 4 aromatic carbocycles. The molecule has 0 atom stereocenters. The summed E-state index contributed by atoms with van der Waals surface area (Å²) in [7, 11) is 0. The molecule has 0 bridgehead atoms. The van der Waals surface area contributed by atoms with Gasteiger partial charge >= 0.3 is 0 Å². The van der Waals surface area contributed by atoms with E-state index in [0.29, 0.717) is 0 Å². The van der Waals surface area contributed by atoms with Crippen LogP contribution in [0.4, 0.5) is 0 Å². The Kier molecular flexibility index (Phi) is 1.69. The summed E-state index contributed by atoms with van der Waals surface area (Å²) >= 11 is 0. The van der Waals surface area contributed by atoms with Crippen molar-refractivity contribution in [2.75, 3.05) is 0 Å². The highest BCUT2D eigenvalue weighted by Gasteiger charge is 2.17. The van der Waals surface area contributed by atoms with Gasteiger partial charge < -0.3 is 0 Å². The lowest BCUT2D eigenvalue weighted by Crippen LogP contribution is -1.89. The van der Waals surface area contributed by atoms with Crippen LogP contribution in [0.3, 0.4) is 0 Å². The monoisotopic (exact) mass is 242 g/mol. The highest BCUT2D eigenvalue weighted by Crippen LogP contribution is 2.39. The average Bonchev–Trinajstić information content (AvgIpc) is 2.92. The van der Waals surface area contributed by atoms with Gasteiger partial charge in [0.15, 0.2) is 0 Å². The first-order valence-corrected chi connectivity index (χ1v) is 7.10. The maximum atomic E-state index is 2.43. The van der Waals surface area contributed by atoms with E-state index >= 15 is 0 Å². The van der Waals surface area contributed by atoms with Gasteiger partial charge in [-0.05, 0) is 62.7 Å². The first-order chi connectivity index (χ1) is 9.42. The third-order valence-corrected chi connectivity index (χ3v) is 4.72. The lowest BCUT2D eigenvalue weighted by molar-refractivity contribution is 0.914. The second-order valence-corrected chi connectivity index (χ2v) is 5.72. The summed E-state index contributed by atoms with van der Waals surface area (Å²) in [6.45, 7) is 0. The fourth-order valence-electron chi connectivity index (χ4n) is 3.90. The van der Waals surface area contributed by atoms with E-state index in [9.17, 15) is 0 Å². The van der Waals surface area contributed by atoms with Gasteiger partial charge in [-0.2, -0.15) is 0 Å². The minimum absolute atomic E-state index is 1.25. The Morgan fingerprint density at radius 1 is 0.684 bits per heavy atom. The van der Waals surface area contributed by atoms with Crippen molar-refractivity contribution in [1.29, 1.82) is 0 Å². The van der Waals surface area contributed by atoms with Gasteiger partial charge in [-0.3, -0.25) is 0 Å². The zero-order valence-electron chi connectivity index (χ0n) is 10.7. The van der Waals surface area contributed by atoms with Gasteiger partial charge in [-0.15, -0.1) is 0 Å². The normalized spacial score (nSPS) is 14.7. The second kappa shape index (κ2) is 3.27. The van der Waals surface area contributed by atoms with Crippen LogP contribution in [0.1, 0.15) is 17.5 Å². The van der Waals surface area contributed by atoms with E-state index < -0.39 is 0 Å². The Balaban J connectivity index is 2.16. The second-order valence-electron chi connectivity index (χ2n) is 5.72. The summed E-state index contributed by atoms with van der Waals surface area (Å²) in [5.41, 5.74) is 3.18. The molecule has 0 spiro atoms. The highest BCUT2D eigenvalue weighted by molar-refractivity contribution is 6.23. The van der Waals surface area contributed by atoms with Crippen molar-refractivity contribution in [3.8, 4) is 0 Å². The van der Waals surface area contributed by atoms with Gasteiger partial charge in [-0.1, -0.05) is 48.5 Å². The third kappa shape index (κ3) is 1.14. The van der Waals surface area contributed by atoms with E-state index in [1.807, 2.05) is 0 Å². The zero-order valence-corrected chi connectivity index (χ0v) is 10.7. The van der Waals surface area contributed by atoms with Gasteiger partial charge in [0.1, 0.15) is 0 Å². The standard InChI is InChI=1S/C19H14/c1-3-12-7-8-15-11-14-5-2-6-16(14)17-10-9-13(4-1)18(12)19(15)17/h1,3-4,7-11H,2,5-6H2. The van der Waals surface area contributed by atoms with E-state index in [4.69, 9.17) is 0 Å². The number of aryl methyl sites for hydroxylation is 2. The molecular formula is C19H14. The van der Waals surface area contributed by atoms with Crippen LogP contribution in [0.2, 0.25) is 0 Å². The Morgan fingerprint density at radius 2 is 1.47 bits per heavy atom. The van der Waals surface area contributed by atoms with Crippen LogP contribution in [-0.2, 0) is 12.8 Å². The van der Waals surface area contributed by atoms with Gasteiger partial charge in [0, 0.05) is 0 Å². The molecule has 0 nitrogen and oxygen atoms in total. The number of rotatable bonds is 0. The Bertz CT molecular complexity index is 915. The molecule has 0 heteroatoms. The predicted molar refractivity (Wildman–Crippen MR) is 82.2 cm³/mol. The van der Waals surface area contributed by atoms with Gasteiger partial charge in [0.05, 0.1) is 0 Å². The van der Waals surface area contributed by atoms with Crippen molar-refractivity contribution < 1.29 is 0 Å². The molecule has 0 radical (unpaired) electrons. The summed E-state index contributed by atoms with van der Waals surface area (Å²) in [6.07, 6.45) is 3.83. The number of fused-ring (bicyclic) bond motifs is 2. The van der Waals surface area contributed by atoms with Crippen molar-refractivity contribution in [1.82, 2.24) is 0 Å². The maximum Gasteiger partial charge on any atom is -0.00238 e. The Labute approximate surface area is 112 Å². The molecule has 5 rings (SSSR count). The molecular weight excluding hydrogens is 228 g/mol. The maximum absolute atomic E-state index is 2.43. The van der Waals surface area contributed by atoms with Crippen molar-refractivity contribution in [3.05, 3.63) is 59.7 Å². The highest BCUT2D eigenvalue weighted by atomic mass is 14.2. The molecule has 0 amide bonds. The summed E-state index contributed by atoms with van der Waals surface area (Å²) in [4.78, 5) is 0. The molecule has 1 aliphatic carbocycles. The van der Waals surface area contributed by atoms with Gasteiger partial charge in [0.25, 0.3) is 0 Å². The van der Waals surface area contributed by atoms with Crippen molar-refractivity contribution in [2.45, 2.75) is 19.3 Å². The van der Waals surface area contributed by atoms with E-state index in [0.717, 1.165) is 0 Å². The van der Waals surface area contributed by atoms with E-state index in [2.05, 4.69) is 48.5 Å². The SMILES string of the molecule is c1cc2ccc3cc4c(c5ccc(c1)c2c35)CCC4. The van der Waals surface area contributed by atoms with Crippen LogP contribution in [0.25, 0.3) is 32.3 Å². The Hall–Kier alpha value is -2.08. The topological polar surface area (TPSA) is 0 Å². The molecule has 0 saturated heterocycles. The zero-order chi connectivity index (χ0) is 12.4.